The molecule has 29 heavy (non-hydrogen) atoms. The van der Waals surface area contributed by atoms with Gasteiger partial charge in [-0.1, -0.05) is 69.3 Å². The number of benzene rings is 3. The molecular weight excluding hydrogens is 362 g/mol. The molecule has 4 rings (SSSR count). The van der Waals surface area contributed by atoms with Crippen LogP contribution in [0.2, 0.25) is 0 Å². The zero-order chi connectivity index (χ0) is 20.6. The Hall–Kier alpha value is -3.47. The quantitative estimate of drug-likeness (QED) is 0.539. The molecule has 2 amide bonds. The van der Waals surface area contributed by atoms with Gasteiger partial charge in [0.2, 0.25) is 0 Å². The Balaban J connectivity index is 1.43. The van der Waals surface area contributed by atoms with Crippen LogP contribution in [0.25, 0.3) is 10.8 Å². The number of carbonyl (C=O) groups excluding carboxylic acids is 2. The topological polar surface area (TPSA) is 61.8 Å². The Morgan fingerprint density at radius 1 is 1.03 bits per heavy atom. The van der Waals surface area contributed by atoms with Gasteiger partial charge in [0.15, 0.2) is 0 Å². The number of rotatable bonds is 4. The second kappa shape index (κ2) is 7.17. The Bertz CT molecular complexity index is 1120. The highest BCUT2D eigenvalue weighted by molar-refractivity contribution is 6.26. The molecule has 5 heteroatoms. The molecule has 0 saturated carbocycles. The maximum atomic E-state index is 12.7. The Labute approximate surface area is 170 Å². The van der Waals surface area contributed by atoms with Gasteiger partial charge in [-0.25, -0.2) is 5.43 Å². The van der Waals surface area contributed by atoms with Crippen molar-refractivity contribution in [2.75, 3.05) is 11.4 Å². The number of nitrogens with zero attached hydrogens (tertiary/aromatic N) is 2. The Morgan fingerprint density at radius 2 is 1.72 bits per heavy atom. The Morgan fingerprint density at radius 3 is 2.41 bits per heavy atom. The van der Waals surface area contributed by atoms with Crippen LogP contribution in [0.3, 0.4) is 0 Å². The first-order chi connectivity index (χ1) is 13.8. The lowest BCUT2D eigenvalue weighted by atomic mass is 9.87. The largest absolute Gasteiger partial charge is 0.298 e. The fourth-order valence-electron chi connectivity index (χ4n) is 3.56. The standard InChI is InChI=1S/C24H23N3O2/c1-24(2,3)18-12-10-16(11-13-18)14-25-26-21(28)15-27-20-9-5-7-17-6-4-8-19(22(17)20)23(27)29/h4-14H,15H2,1-3H3,(H,26,28)/b25-14-. The van der Waals surface area contributed by atoms with E-state index in [4.69, 9.17) is 0 Å². The third kappa shape index (κ3) is 3.63. The average Bonchev–Trinajstić information content (AvgIpc) is 2.96. The molecule has 0 atom stereocenters. The maximum absolute atomic E-state index is 12.7. The van der Waals surface area contributed by atoms with E-state index in [1.165, 1.54) is 10.5 Å². The third-order valence-electron chi connectivity index (χ3n) is 5.13. The fourth-order valence-corrected chi connectivity index (χ4v) is 3.56. The zero-order valence-electron chi connectivity index (χ0n) is 16.8. The van der Waals surface area contributed by atoms with E-state index in [0.29, 0.717) is 5.56 Å². The molecule has 3 aromatic carbocycles. The predicted octanol–water partition coefficient (Wildman–Crippen LogP) is 4.25. The summed E-state index contributed by atoms with van der Waals surface area (Å²) in [6, 6.07) is 19.4. The Kier molecular flexibility index (Phi) is 4.66. The molecule has 0 bridgehead atoms. The van der Waals surface area contributed by atoms with Gasteiger partial charge < -0.3 is 0 Å². The van der Waals surface area contributed by atoms with Crippen LogP contribution in [0.15, 0.2) is 65.8 Å². The number of hydrogen-bond donors (Lipinski definition) is 1. The normalized spacial score (nSPS) is 13.5. The SMILES string of the molecule is CC(C)(C)c1ccc(/C=N\NC(=O)CN2C(=O)c3cccc4cccc2c34)cc1. The lowest BCUT2D eigenvalue weighted by Gasteiger charge is -2.18. The van der Waals surface area contributed by atoms with Crippen molar-refractivity contribution in [1.29, 1.82) is 0 Å². The third-order valence-corrected chi connectivity index (χ3v) is 5.13. The molecular formula is C24H23N3O2. The van der Waals surface area contributed by atoms with Gasteiger partial charge in [0.25, 0.3) is 11.8 Å². The number of carbonyl (C=O) groups is 2. The first-order valence-corrected chi connectivity index (χ1v) is 9.61. The van der Waals surface area contributed by atoms with E-state index in [-0.39, 0.29) is 23.8 Å². The van der Waals surface area contributed by atoms with E-state index < -0.39 is 0 Å². The van der Waals surface area contributed by atoms with Crippen LogP contribution in [0.5, 0.6) is 0 Å². The van der Waals surface area contributed by atoms with Crippen LogP contribution >= 0.6 is 0 Å². The highest BCUT2D eigenvalue weighted by Crippen LogP contribution is 2.36. The molecule has 0 aromatic heterocycles. The first-order valence-electron chi connectivity index (χ1n) is 9.61. The van der Waals surface area contributed by atoms with Crippen molar-refractivity contribution in [3.05, 3.63) is 77.4 Å². The van der Waals surface area contributed by atoms with E-state index in [0.717, 1.165) is 22.0 Å². The van der Waals surface area contributed by atoms with Crippen molar-refractivity contribution in [3.8, 4) is 0 Å². The minimum absolute atomic E-state index is 0.0765. The van der Waals surface area contributed by atoms with E-state index >= 15 is 0 Å². The van der Waals surface area contributed by atoms with Gasteiger partial charge in [-0.15, -0.1) is 0 Å². The summed E-state index contributed by atoms with van der Waals surface area (Å²) in [6.07, 6.45) is 1.60. The molecule has 0 aliphatic carbocycles. The molecule has 0 spiro atoms. The predicted molar refractivity (Wildman–Crippen MR) is 117 cm³/mol. The molecule has 1 N–H and O–H groups in total. The van der Waals surface area contributed by atoms with Gasteiger partial charge in [-0.3, -0.25) is 14.5 Å². The van der Waals surface area contributed by atoms with Crippen LogP contribution in [-0.2, 0) is 10.2 Å². The molecule has 146 valence electrons. The summed E-state index contributed by atoms with van der Waals surface area (Å²) in [5.41, 5.74) is 6.14. The van der Waals surface area contributed by atoms with E-state index in [1.54, 1.807) is 12.3 Å². The molecule has 5 nitrogen and oxygen atoms in total. The van der Waals surface area contributed by atoms with Crippen molar-refractivity contribution < 1.29 is 9.59 Å². The lowest BCUT2D eigenvalue weighted by molar-refractivity contribution is -0.119. The van der Waals surface area contributed by atoms with Gasteiger partial charge in [0.05, 0.1) is 11.9 Å². The second-order valence-electron chi connectivity index (χ2n) is 8.24. The van der Waals surface area contributed by atoms with Crippen molar-refractivity contribution in [3.63, 3.8) is 0 Å². The monoisotopic (exact) mass is 385 g/mol. The molecule has 0 fully saturated rings. The summed E-state index contributed by atoms with van der Waals surface area (Å²) in [7, 11) is 0. The number of nitrogens with one attached hydrogen (secondary N) is 1. The number of hydrazone groups is 1. The average molecular weight is 385 g/mol. The molecule has 1 aliphatic heterocycles. The van der Waals surface area contributed by atoms with Crippen LogP contribution in [0.1, 0.15) is 42.3 Å². The molecule has 0 saturated heterocycles. The number of amides is 2. The van der Waals surface area contributed by atoms with Crippen LogP contribution in [0.4, 0.5) is 5.69 Å². The summed E-state index contributed by atoms with van der Waals surface area (Å²) < 4.78 is 0. The van der Waals surface area contributed by atoms with E-state index in [9.17, 15) is 9.59 Å². The molecule has 1 heterocycles. The highest BCUT2D eigenvalue weighted by atomic mass is 16.2. The number of hydrogen-bond acceptors (Lipinski definition) is 3. The summed E-state index contributed by atoms with van der Waals surface area (Å²) >= 11 is 0. The van der Waals surface area contributed by atoms with Crippen LogP contribution in [-0.4, -0.2) is 24.6 Å². The van der Waals surface area contributed by atoms with Crippen LogP contribution < -0.4 is 10.3 Å². The van der Waals surface area contributed by atoms with Crippen LogP contribution in [0, 0.1) is 0 Å². The summed E-state index contributed by atoms with van der Waals surface area (Å²) in [5.74, 6) is -0.501. The van der Waals surface area contributed by atoms with E-state index in [2.05, 4.69) is 43.4 Å². The minimum atomic E-state index is -0.342. The second-order valence-corrected chi connectivity index (χ2v) is 8.24. The fraction of sp³-hybridized carbons (Fsp3) is 0.208. The summed E-state index contributed by atoms with van der Waals surface area (Å²) in [6.45, 7) is 6.41. The summed E-state index contributed by atoms with van der Waals surface area (Å²) in [4.78, 5) is 26.6. The van der Waals surface area contributed by atoms with Crippen molar-refractivity contribution in [2.24, 2.45) is 5.10 Å². The zero-order valence-corrected chi connectivity index (χ0v) is 16.8. The molecule has 3 aromatic rings. The molecule has 0 unspecified atom stereocenters. The van der Waals surface area contributed by atoms with Gasteiger partial charge in [0.1, 0.15) is 6.54 Å². The maximum Gasteiger partial charge on any atom is 0.260 e. The summed E-state index contributed by atoms with van der Waals surface area (Å²) in [5, 5.41) is 5.93. The van der Waals surface area contributed by atoms with Crippen molar-refractivity contribution in [2.45, 2.75) is 26.2 Å². The highest BCUT2D eigenvalue weighted by Gasteiger charge is 2.30. The number of anilines is 1. The molecule has 1 aliphatic rings. The van der Waals surface area contributed by atoms with Gasteiger partial charge in [0, 0.05) is 10.9 Å². The smallest absolute Gasteiger partial charge is 0.260 e. The van der Waals surface area contributed by atoms with Gasteiger partial charge >= 0.3 is 0 Å². The lowest BCUT2D eigenvalue weighted by Crippen LogP contribution is -2.37. The van der Waals surface area contributed by atoms with Crippen molar-refractivity contribution >= 4 is 34.5 Å². The van der Waals surface area contributed by atoms with Gasteiger partial charge in [-0.05, 0) is 34.1 Å². The molecule has 0 radical (unpaired) electrons. The van der Waals surface area contributed by atoms with Crippen molar-refractivity contribution in [1.82, 2.24) is 5.43 Å². The minimum Gasteiger partial charge on any atom is -0.298 e. The van der Waals surface area contributed by atoms with E-state index in [1.807, 2.05) is 42.5 Å². The van der Waals surface area contributed by atoms with Gasteiger partial charge in [-0.2, -0.15) is 5.10 Å². The first kappa shape index (κ1) is 18.9.